The predicted molar refractivity (Wildman–Crippen MR) is 88.6 cm³/mol. The summed E-state index contributed by atoms with van der Waals surface area (Å²) in [7, 11) is 0. The highest BCUT2D eigenvalue weighted by Crippen LogP contribution is 2.20. The minimum atomic E-state index is -0.397. The third kappa shape index (κ3) is 4.51. The van der Waals surface area contributed by atoms with Gasteiger partial charge in [-0.1, -0.05) is 30.5 Å². The second kappa shape index (κ2) is 7.86. The second-order valence-corrected chi connectivity index (χ2v) is 5.93. The number of rotatable bonds is 3. The molecule has 0 aliphatic carbocycles. The number of carbonyl (C=O) groups excluding carboxylic acids is 1. The van der Waals surface area contributed by atoms with E-state index in [4.69, 9.17) is 11.6 Å². The van der Waals surface area contributed by atoms with Crippen LogP contribution in [-0.2, 0) is 4.79 Å². The van der Waals surface area contributed by atoms with Crippen molar-refractivity contribution in [3.8, 4) is 6.07 Å². The molecule has 2 rings (SSSR count). The number of hydrogen-bond acceptors (Lipinski definition) is 3. The van der Waals surface area contributed by atoms with E-state index in [9.17, 15) is 10.1 Å². The Balaban J connectivity index is 2.07. The monoisotopic (exact) mass is 317 g/mol. The Morgan fingerprint density at radius 2 is 2.00 bits per heavy atom. The fourth-order valence-electron chi connectivity index (χ4n) is 2.41. The Morgan fingerprint density at radius 3 is 2.59 bits per heavy atom. The zero-order chi connectivity index (χ0) is 15.9. The molecule has 0 spiro atoms. The average molecular weight is 318 g/mol. The highest BCUT2D eigenvalue weighted by atomic mass is 35.5. The Hall–Kier alpha value is -1.99. The lowest BCUT2D eigenvalue weighted by molar-refractivity contribution is -0.112. The van der Waals surface area contributed by atoms with Crippen LogP contribution >= 0.6 is 11.6 Å². The maximum Gasteiger partial charge on any atom is 0.267 e. The maximum atomic E-state index is 12.2. The predicted octanol–water partition coefficient (Wildman–Crippen LogP) is 3.87. The summed E-state index contributed by atoms with van der Waals surface area (Å²) in [6.45, 7) is 3.69. The molecular weight excluding hydrogens is 298 g/mol. The summed E-state index contributed by atoms with van der Waals surface area (Å²) in [5.74, 6) is -0.397. The highest BCUT2D eigenvalue weighted by Gasteiger charge is 2.13. The van der Waals surface area contributed by atoms with Crippen molar-refractivity contribution in [3.63, 3.8) is 0 Å². The number of likely N-dealkylation sites (tertiary alicyclic amines) is 1. The van der Waals surface area contributed by atoms with Gasteiger partial charge in [0.15, 0.2) is 0 Å². The number of nitrogens with one attached hydrogen (secondary N) is 1. The summed E-state index contributed by atoms with van der Waals surface area (Å²) in [5, 5.41) is 12.6. The molecule has 1 aliphatic rings. The lowest BCUT2D eigenvalue weighted by atomic mass is 10.2. The summed E-state index contributed by atoms with van der Waals surface area (Å²) in [6, 6.07) is 7.29. The van der Waals surface area contributed by atoms with Crippen molar-refractivity contribution >= 4 is 23.2 Å². The first-order chi connectivity index (χ1) is 10.6. The molecule has 1 fully saturated rings. The van der Waals surface area contributed by atoms with Gasteiger partial charge < -0.3 is 10.2 Å². The van der Waals surface area contributed by atoms with E-state index in [1.165, 1.54) is 12.8 Å². The molecule has 1 amide bonds. The molecular formula is C17H20ClN3O. The van der Waals surface area contributed by atoms with E-state index in [1.807, 2.05) is 19.1 Å². The third-order valence-electron chi connectivity index (χ3n) is 3.75. The molecule has 1 aromatic rings. The summed E-state index contributed by atoms with van der Waals surface area (Å²) in [4.78, 5) is 14.3. The summed E-state index contributed by atoms with van der Waals surface area (Å²) in [5.41, 5.74) is 1.66. The summed E-state index contributed by atoms with van der Waals surface area (Å²) < 4.78 is 0. The number of halogens is 1. The van der Waals surface area contributed by atoms with Crippen molar-refractivity contribution in [2.24, 2.45) is 0 Å². The molecule has 0 aromatic heterocycles. The van der Waals surface area contributed by atoms with Crippen LogP contribution in [-0.4, -0.2) is 23.9 Å². The zero-order valence-corrected chi connectivity index (χ0v) is 13.5. The van der Waals surface area contributed by atoms with Gasteiger partial charge in [0.25, 0.3) is 5.91 Å². The van der Waals surface area contributed by atoms with Crippen molar-refractivity contribution in [1.82, 2.24) is 4.90 Å². The van der Waals surface area contributed by atoms with Crippen LogP contribution in [0.4, 0.5) is 5.69 Å². The lowest BCUT2D eigenvalue weighted by Gasteiger charge is -2.17. The van der Waals surface area contributed by atoms with E-state index in [1.54, 1.807) is 18.3 Å². The maximum absolute atomic E-state index is 12.2. The molecule has 0 saturated carbocycles. The van der Waals surface area contributed by atoms with E-state index < -0.39 is 5.91 Å². The van der Waals surface area contributed by atoms with E-state index in [0.29, 0.717) is 10.7 Å². The number of hydrogen-bond donors (Lipinski definition) is 1. The standard InChI is InChI=1S/C17H20ClN3O/c1-13-6-7-15(10-16(13)18)20-17(22)14(11-19)12-21-8-4-2-3-5-9-21/h6-7,10,12H,2-5,8-9H2,1H3,(H,20,22)/b14-12-. The van der Waals surface area contributed by atoms with Gasteiger partial charge in [-0.25, -0.2) is 0 Å². The number of anilines is 1. The van der Waals surface area contributed by atoms with Gasteiger partial charge in [-0.2, -0.15) is 5.26 Å². The number of benzene rings is 1. The first kappa shape index (κ1) is 16.4. The van der Waals surface area contributed by atoms with Gasteiger partial charge in [-0.05, 0) is 37.5 Å². The van der Waals surface area contributed by atoms with Crippen molar-refractivity contribution in [2.75, 3.05) is 18.4 Å². The first-order valence-corrected chi connectivity index (χ1v) is 7.91. The van der Waals surface area contributed by atoms with Gasteiger partial charge in [0, 0.05) is 30.0 Å². The van der Waals surface area contributed by atoms with E-state index >= 15 is 0 Å². The van der Waals surface area contributed by atoms with Crippen LogP contribution in [0.5, 0.6) is 0 Å². The van der Waals surface area contributed by atoms with Crippen LogP contribution < -0.4 is 5.32 Å². The molecule has 1 heterocycles. The molecule has 1 saturated heterocycles. The van der Waals surface area contributed by atoms with E-state index in [0.717, 1.165) is 31.5 Å². The fourth-order valence-corrected chi connectivity index (χ4v) is 2.59. The van der Waals surface area contributed by atoms with Gasteiger partial charge in [0.05, 0.1) is 0 Å². The zero-order valence-electron chi connectivity index (χ0n) is 12.7. The normalized spacial score (nSPS) is 15.9. The van der Waals surface area contributed by atoms with Crippen molar-refractivity contribution in [1.29, 1.82) is 5.26 Å². The molecule has 0 radical (unpaired) electrons. The molecule has 116 valence electrons. The van der Waals surface area contributed by atoms with Gasteiger partial charge in [-0.3, -0.25) is 4.79 Å². The van der Waals surface area contributed by atoms with Gasteiger partial charge in [0.1, 0.15) is 11.6 Å². The molecule has 0 bridgehead atoms. The van der Waals surface area contributed by atoms with Crippen LogP contribution in [0.2, 0.25) is 5.02 Å². The summed E-state index contributed by atoms with van der Waals surface area (Å²) >= 11 is 6.05. The minimum Gasteiger partial charge on any atom is -0.376 e. The second-order valence-electron chi connectivity index (χ2n) is 5.52. The first-order valence-electron chi connectivity index (χ1n) is 7.53. The van der Waals surface area contributed by atoms with E-state index in [-0.39, 0.29) is 5.57 Å². The third-order valence-corrected chi connectivity index (χ3v) is 4.15. The molecule has 4 nitrogen and oxygen atoms in total. The molecule has 1 aromatic carbocycles. The molecule has 5 heteroatoms. The van der Waals surface area contributed by atoms with Crippen LogP contribution in [0.1, 0.15) is 31.2 Å². The number of aryl methyl sites for hydroxylation is 1. The smallest absolute Gasteiger partial charge is 0.267 e. The van der Waals surface area contributed by atoms with Crippen LogP contribution in [0.25, 0.3) is 0 Å². The number of amides is 1. The quantitative estimate of drug-likeness (QED) is 0.680. The highest BCUT2D eigenvalue weighted by molar-refractivity contribution is 6.31. The number of nitrogens with zero attached hydrogens (tertiary/aromatic N) is 2. The van der Waals surface area contributed by atoms with E-state index in [2.05, 4.69) is 10.2 Å². The molecule has 0 unspecified atom stereocenters. The Morgan fingerprint density at radius 1 is 1.32 bits per heavy atom. The molecule has 22 heavy (non-hydrogen) atoms. The van der Waals surface area contributed by atoms with Crippen LogP contribution in [0.3, 0.4) is 0 Å². The van der Waals surface area contributed by atoms with Gasteiger partial charge in [0.2, 0.25) is 0 Å². The largest absolute Gasteiger partial charge is 0.376 e. The minimum absolute atomic E-state index is 0.124. The van der Waals surface area contributed by atoms with Crippen molar-refractivity contribution in [3.05, 3.63) is 40.6 Å². The molecule has 0 atom stereocenters. The van der Waals surface area contributed by atoms with Gasteiger partial charge >= 0.3 is 0 Å². The summed E-state index contributed by atoms with van der Waals surface area (Å²) in [6.07, 6.45) is 6.30. The average Bonchev–Trinajstić information content (AvgIpc) is 2.77. The topological polar surface area (TPSA) is 56.1 Å². The van der Waals surface area contributed by atoms with Crippen molar-refractivity contribution in [2.45, 2.75) is 32.6 Å². The van der Waals surface area contributed by atoms with Gasteiger partial charge in [-0.15, -0.1) is 0 Å². The Labute approximate surface area is 136 Å². The number of nitriles is 1. The Bertz CT molecular complexity index is 611. The lowest BCUT2D eigenvalue weighted by Crippen LogP contribution is -2.22. The fraction of sp³-hybridized carbons (Fsp3) is 0.412. The SMILES string of the molecule is Cc1ccc(NC(=O)/C(C#N)=C\N2CCCCCC2)cc1Cl. The van der Waals surface area contributed by atoms with Crippen molar-refractivity contribution < 1.29 is 4.79 Å². The Kier molecular flexibility index (Phi) is 5.85. The molecule has 1 aliphatic heterocycles. The molecule has 1 N–H and O–H groups in total. The van der Waals surface area contributed by atoms with Crippen LogP contribution in [0.15, 0.2) is 30.0 Å². The number of carbonyl (C=O) groups is 1. The van der Waals surface area contributed by atoms with Crippen LogP contribution in [0, 0.1) is 18.3 Å².